The Bertz CT molecular complexity index is 660. The largest absolute Gasteiger partial charge is 0.366 e. The molecule has 5 nitrogen and oxygen atoms in total. The molecule has 1 aromatic carbocycles. The van der Waals surface area contributed by atoms with Crippen LogP contribution in [0.4, 0.5) is 0 Å². The number of amides is 2. The summed E-state index contributed by atoms with van der Waals surface area (Å²) in [6.45, 7) is 4.28. The van der Waals surface area contributed by atoms with E-state index in [1.54, 1.807) is 0 Å². The lowest BCUT2D eigenvalue weighted by Crippen LogP contribution is -2.43. The van der Waals surface area contributed by atoms with Crippen molar-refractivity contribution in [2.75, 3.05) is 33.7 Å². The maximum absolute atomic E-state index is 12.9. The Kier molecular flexibility index (Phi) is 4.71. The number of hydrogen-bond donors (Lipinski definition) is 0. The number of likely N-dealkylation sites (N-methyl/N-ethyl adjacent to an activating group) is 2. The Balaban J connectivity index is 2.00. The molecule has 1 saturated heterocycles. The van der Waals surface area contributed by atoms with Gasteiger partial charge in [-0.25, -0.2) is 0 Å². The number of carbonyl (C=O) groups excluding carboxylic acids is 2. The third-order valence-electron chi connectivity index (χ3n) is 5.11. The molecule has 24 heavy (non-hydrogen) atoms. The van der Waals surface area contributed by atoms with E-state index in [0.717, 1.165) is 31.5 Å². The van der Waals surface area contributed by atoms with Crippen molar-refractivity contribution in [1.29, 1.82) is 0 Å². The predicted molar refractivity (Wildman–Crippen MR) is 94.0 cm³/mol. The maximum atomic E-state index is 12.9. The zero-order chi connectivity index (χ0) is 17.3. The first-order chi connectivity index (χ1) is 11.5. The van der Waals surface area contributed by atoms with Gasteiger partial charge in [0.15, 0.2) is 0 Å². The minimum absolute atomic E-state index is 0.164. The molecule has 0 aliphatic carbocycles. The van der Waals surface area contributed by atoms with Gasteiger partial charge in [0.1, 0.15) is 5.70 Å². The highest BCUT2D eigenvalue weighted by Crippen LogP contribution is 2.33. The molecule has 0 atom stereocenters. The van der Waals surface area contributed by atoms with E-state index < -0.39 is 0 Å². The van der Waals surface area contributed by atoms with Crippen LogP contribution in [0.25, 0.3) is 5.57 Å². The fourth-order valence-electron chi connectivity index (χ4n) is 3.61. The normalized spacial score (nSPS) is 20.2. The molecule has 0 spiro atoms. The van der Waals surface area contributed by atoms with E-state index >= 15 is 0 Å². The minimum Gasteiger partial charge on any atom is -0.366 e. The molecule has 128 valence electrons. The smallest absolute Gasteiger partial charge is 0.277 e. The van der Waals surface area contributed by atoms with Crippen LogP contribution in [0.1, 0.15) is 25.3 Å². The van der Waals surface area contributed by atoms with Crippen molar-refractivity contribution in [1.82, 2.24) is 14.7 Å². The van der Waals surface area contributed by atoms with E-state index in [4.69, 9.17) is 0 Å². The zero-order valence-electron chi connectivity index (χ0n) is 14.7. The second-order valence-electron chi connectivity index (χ2n) is 6.59. The molecular formula is C19H25N3O2. The summed E-state index contributed by atoms with van der Waals surface area (Å²) in [5.41, 5.74) is 1.92. The van der Waals surface area contributed by atoms with Crippen molar-refractivity contribution < 1.29 is 9.59 Å². The van der Waals surface area contributed by atoms with E-state index in [1.165, 1.54) is 4.90 Å². The van der Waals surface area contributed by atoms with Crippen LogP contribution in [-0.2, 0) is 9.59 Å². The van der Waals surface area contributed by atoms with Gasteiger partial charge in [-0.05, 0) is 45.5 Å². The lowest BCUT2D eigenvalue weighted by atomic mass is 10.0. The SMILES string of the molecule is CCN1C(=O)C(c2ccccc2)=C(N(C)C2CCN(C)CC2)C1=O. The molecule has 0 aromatic heterocycles. The highest BCUT2D eigenvalue weighted by molar-refractivity contribution is 6.35. The van der Waals surface area contributed by atoms with E-state index in [1.807, 2.05) is 49.2 Å². The van der Waals surface area contributed by atoms with Crippen LogP contribution < -0.4 is 0 Å². The van der Waals surface area contributed by atoms with Crippen LogP contribution in [0.15, 0.2) is 36.0 Å². The molecule has 0 unspecified atom stereocenters. The second kappa shape index (κ2) is 6.77. The molecule has 5 heteroatoms. The van der Waals surface area contributed by atoms with E-state index in [-0.39, 0.29) is 11.8 Å². The molecule has 0 N–H and O–H groups in total. The first-order valence-corrected chi connectivity index (χ1v) is 8.61. The predicted octanol–water partition coefficient (Wildman–Crippen LogP) is 1.81. The van der Waals surface area contributed by atoms with Gasteiger partial charge in [-0.15, -0.1) is 0 Å². The Morgan fingerprint density at radius 1 is 1.08 bits per heavy atom. The number of nitrogens with zero attached hydrogens (tertiary/aromatic N) is 3. The van der Waals surface area contributed by atoms with Crippen molar-refractivity contribution >= 4 is 17.4 Å². The van der Waals surface area contributed by atoms with Gasteiger partial charge in [0, 0.05) is 19.6 Å². The number of piperidine rings is 1. The van der Waals surface area contributed by atoms with Crippen molar-refractivity contribution in [3.63, 3.8) is 0 Å². The van der Waals surface area contributed by atoms with Crippen molar-refractivity contribution in [2.45, 2.75) is 25.8 Å². The van der Waals surface area contributed by atoms with Gasteiger partial charge < -0.3 is 9.80 Å². The fourth-order valence-corrected chi connectivity index (χ4v) is 3.61. The molecule has 0 radical (unpaired) electrons. The topological polar surface area (TPSA) is 43.9 Å². The van der Waals surface area contributed by atoms with Crippen LogP contribution in [0.3, 0.4) is 0 Å². The number of benzene rings is 1. The Labute approximate surface area is 143 Å². The molecule has 0 saturated carbocycles. The number of rotatable bonds is 4. The number of hydrogen-bond acceptors (Lipinski definition) is 4. The van der Waals surface area contributed by atoms with Crippen LogP contribution in [0.5, 0.6) is 0 Å². The first-order valence-electron chi connectivity index (χ1n) is 8.61. The Morgan fingerprint density at radius 2 is 1.71 bits per heavy atom. The minimum atomic E-state index is -0.177. The summed E-state index contributed by atoms with van der Waals surface area (Å²) in [6, 6.07) is 9.83. The first kappa shape index (κ1) is 16.7. The van der Waals surface area contributed by atoms with Gasteiger partial charge >= 0.3 is 0 Å². The van der Waals surface area contributed by atoms with E-state index in [0.29, 0.717) is 23.9 Å². The van der Waals surface area contributed by atoms with Crippen molar-refractivity contribution in [3.8, 4) is 0 Å². The molecule has 1 fully saturated rings. The number of imide groups is 1. The summed E-state index contributed by atoms with van der Waals surface area (Å²) < 4.78 is 0. The van der Waals surface area contributed by atoms with Crippen LogP contribution in [-0.4, -0.2) is 66.3 Å². The molecule has 1 aromatic rings. The third kappa shape index (κ3) is 2.84. The summed E-state index contributed by atoms with van der Waals surface area (Å²) in [5, 5.41) is 0. The molecule has 2 aliphatic rings. The quantitative estimate of drug-likeness (QED) is 0.791. The van der Waals surface area contributed by atoms with Crippen LogP contribution in [0.2, 0.25) is 0 Å². The average Bonchev–Trinajstić information content (AvgIpc) is 2.85. The van der Waals surface area contributed by atoms with E-state index in [2.05, 4.69) is 11.9 Å². The molecule has 2 heterocycles. The van der Waals surface area contributed by atoms with Gasteiger partial charge in [0.05, 0.1) is 5.57 Å². The molecule has 2 aliphatic heterocycles. The second-order valence-corrected chi connectivity index (χ2v) is 6.59. The van der Waals surface area contributed by atoms with Crippen LogP contribution in [0, 0.1) is 0 Å². The summed E-state index contributed by atoms with van der Waals surface area (Å²) in [7, 11) is 4.08. The number of carbonyl (C=O) groups is 2. The number of likely N-dealkylation sites (tertiary alicyclic amines) is 1. The average molecular weight is 327 g/mol. The molecular weight excluding hydrogens is 302 g/mol. The lowest BCUT2D eigenvalue weighted by molar-refractivity contribution is -0.137. The monoisotopic (exact) mass is 327 g/mol. The summed E-state index contributed by atoms with van der Waals surface area (Å²) in [6.07, 6.45) is 2.01. The summed E-state index contributed by atoms with van der Waals surface area (Å²) in [4.78, 5) is 31.4. The lowest BCUT2D eigenvalue weighted by Gasteiger charge is -2.36. The Morgan fingerprint density at radius 3 is 2.29 bits per heavy atom. The van der Waals surface area contributed by atoms with E-state index in [9.17, 15) is 9.59 Å². The standard InChI is InChI=1S/C19H25N3O2/c1-4-22-18(23)16(14-8-6-5-7-9-14)17(19(22)24)21(3)15-10-12-20(2)13-11-15/h5-9,15H,4,10-13H2,1-3H3. The molecule has 3 rings (SSSR count). The zero-order valence-corrected chi connectivity index (χ0v) is 14.7. The van der Waals surface area contributed by atoms with Crippen LogP contribution >= 0.6 is 0 Å². The Hall–Kier alpha value is -2.14. The fraction of sp³-hybridized carbons (Fsp3) is 0.474. The van der Waals surface area contributed by atoms with Gasteiger partial charge in [0.25, 0.3) is 11.8 Å². The summed E-state index contributed by atoms with van der Waals surface area (Å²) >= 11 is 0. The van der Waals surface area contributed by atoms with Gasteiger partial charge in [-0.3, -0.25) is 14.5 Å². The van der Waals surface area contributed by atoms with Crippen molar-refractivity contribution in [2.24, 2.45) is 0 Å². The van der Waals surface area contributed by atoms with Gasteiger partial charge in [-0.1, -0.05) is 30.3 Å². The van der Waals surface area contributed by atoms with Gasteiger partial charge in [-0.2, -0.15) is 0 Å². The highest BCUT2D eigenvalue weighted by Gasteiger charge is 2.41. The summed E-state index contributed by atoms with van der Waals surface area (Å²) in [5.74, 6) is -0.341. The van der Waals surface area contributed by atoms with Crippen molar-refractivity contribution in [3.05, 3.63) is 41.6 Å². The molecule has 0 bridgehead atoms. The molecule has 2 amide bonds. The maximum Gasteiger partial charge on any atom is 0.277 e. The third-order valence-corrected chi connectivity index (χ3v) is 5.11. The van der Waals surface area contributed by atoms with Gasteiger partial charge in [0.2, 0.25) is 0 Å². The highest BCUT2D eigenvalue weighted by atomic mass is 16.2.